The minimum Gasteiger partial charge on any atom is -0.480 e. The van der Waals surface area contributed by atoms with Crippen LogP contribution in [0.25, 0.3) is 4.85 Å². The molecule has 1 amide bonds. The van der Waals surface area contributed by atoms with E-state index in [9.17, 15) is 18.0 Å². The van der Waals surface area contributed by atoms with E-state index in [1.165, 1.54) is 13.8 Å². The number of rotatable bonds is 1. The van der Waals surface area contributed by atoms with Crippen molar-refractivity contribution in [2.75, 3.05) is 0 Å². The summed E-state index contributed by atoms with van der Waals surface area (Å²) in [5, 5.41) is 7.74. The predicted molar refractivity (Wildman–Crippen MR) is 55.4 cm³/mol. The van der Waals surface area contributed by atoms with Gasteiger partial charge < -0.3 is 5.11 Å². The van der Waals surface area contributed by atoms with Gasteiger partial charge in [-0.15, -0.1) is 0 Å². The molecule has 0 spiro atoms. The first kappa shape index (κ1) is 11.9. The molecule has 0 saturated carbocycles. The van der Waals surface area contributed by atoms with Crippen molar-refractivity contribution < 1.29 is 23.1 Å². The number of sulfone groups is 1. The number of carboxylic acid groups (broad SMARTS) is 1. The number of hydrogen-bond acceptors (Lipinski definition) is 4. The van der Waals surface area contributed by atoms with Crippen LogP contribution in [0, 0.1) is 6.57 Å². The zero-order valence-electron chi connectivity index (χ0n) is 9.11. The second-order valence-electron chi connectivity index (χ2n) is 4.60. The van der Waals surface area contributed by atoms with Gasteiger partial charge >= 0.3 is 17.9 Å². The average molecular weight is 258 g/mol. The molecule has 7 nitrogen and oxygen atoms in total. The van der Waals surface area contributed by atoms with Crippen LogP contribution >= 0.6 is 0 Å². The van der Waals surface area contributed by atoms with E-state index in [0.29, 0.717) is 0 Å². The van der Waals surface area contributed by atoms with Gasteiger partial charge in [0.05, 0.1) is 0 Å². The van der Waals surface area contributed by atoms with Crippen LogP contribution in [0.4, 0.5) is 0 Å². The molecular formula is C9H10N2O5S. The van der Waals surface area contributed by atoms with E-state index in [2.05, 4.69) is 4.85 Å². The molecule has 2 aliphatic heterocycles. The Balaban J connectivity index is 2.61. The van der Waals surface area contributed by atoms with Crippen molar-refractivity contribution in [2.24, 2.45) is 0 Å². The summed E-state index contributed by atoms with van der Waals surface area (Å²) in [5.74, 6) is -2.08. The molecule has 17 heavy (non-hydrogen) atoms. The van der Waals surface area contributed by atoms with E-state index >= 15 is 0 Å². The minimum atomic E-state index is -3.84. The Bertz CT molecular complexity index is 558. The molecule has 0 aliphatic carbocycles. The molecule has 1 N–H and O–H groups in total. The van der Waals surface area contributed by atoms with Gasteiger partial charge in [-0.05, 0) is 13.8 Å². The van der Waals surface area contributed by atoms with Crippen LogP contribution in [0.1, 0.15) is 13.8 Å². The Kier molecular flexibility index (Phi) is 2.08. The first-order valence-corrected chi connectivity index (χ1v) is 6.37. The fourth-order valence-corrected chi connectivity index (χ4v) is 4.59. The van der Waals surface area contributed by atoms with E-state index in [1.54, 1.807) is 0 Å². The maximum Gasteiger partial charge on any atom is 0.334 e. The average Bonchev–Trinajstić information content (AvgIpc) is 2.32. The molecule has 2 aliphatic rings. The van der Waals surface area contributed by atoms with Crippen LogP contribution in [0.3, 0.4) is 0 Å². The van der Waals surface area contributed by atoms with Gasteiger partial charge in [-0.3, -0.25) is 14.5 Å². The van der Waals surface area contributed by atoms with Gasteiger partial charge in [-0.2, -0.15) is 0 Å². The lowest BCUT2D eigenvalue weighted by molar-refractivity contribution is -0.157. The maximum atomic E-state index is 12.1. The molecule has 2 rings (SSSR count). The number of fused-ring (bicyclic) bond motifs is 1. The van der Waals surface area contributed by atoms with Crippen LogP contribution in [-0.4, -0.2) is 52.5 Å². The molecule has 2 heterocycles. The Morgan fingerprint density at radius 3 is 2.47 bits per heavy atom. The van der Waals surface area contributed by atoms with Crippen LogP contribution in [0.2, 0.25) is 0 Å². The molecule has 8 heteroatoms. The first-order valence-electron chi connectivity index (χ1n) is 4.83. The topological polar surface area (TPSA) is 96.1 Å². The number of carbonyl (C=O) groups is 2. The Morgan fingerprint density at radius 2 is 2.06 bits per heavy atom. The summed E-state index contributed by atoms with van der Waals surface area (Å²) in [7, 11) is -3.84. The standard InChI is InChI=1S/C9H10N2O5S/c1-9(2)5(8(13)14)11-6(12)4(10-3)7(11)17(9,15)16/h4-5,7H,1-2H3,(H,13,14)/t4?,5-,7+/m0/s1. The molecule has 0 aromatic rings. The van der Waals surface area contributed by atoms with Crippen LogP contribution in [0.5, 0.6) is 0 Å². The number of β-lactam (4-membered cyclic amide) rings is 1. The normalized spacial score (nSPS) is 36.9. The van der Waals surface area contributed by atoms with Gasteiger partial charge in [0.25, 0.3) is 0 Å². The maximum absolute atomic E-state index is 12.1. The smallest absolute Gasteiger partial charge is 0.334 e. The van der Waals surface area contributed by atoms with Gasteiger partial charge in [0, 0.05) is 0 Å². The summed E-state index contributed by atoms with van der Waals surface area (Å²) >= 11 is 0. The zero-order chi connectivity index (χ0) is 13.2. The first-order chi connectivity index (χ1) is 7.67. The number of amides is 1. The molecule has 2 saturated heterocycles. The lowest BCUT2D eigenvalue weighted by Crippen LogP contribution is -2.65. The van der Waals surface area contributed by atoms with Gasteiger partial charge in [0.1, 0.15) is 4.75 Å². The summed E-state index contributed by atoms with van der Waals surface area (Å²) in [5.41, 5.74) is 0. The predicted octanol–water partition coefficient (Wildman–Crippen LogP) is -0.897. The van der Waals surface area contributed by atoms with Gasteiger partial charge in [-0.25, -0.2) is 19.8 Å². The van der Waals surface area contributed by atoms with E-state index < -0.39 is 43.9 Å². The van der Waals surface area contributed by atoms with E-state index in [4.69, 9.17) is 11.7 Å². The molecule has 0 aromatic heterocycles. The molecule has 0 aromatic carbocycles. The van der Waals surface area contributed by atoms with E-state index in [1.807, 2.05) is 0 Å². The van der Waals surface area contributed by atoms with Crippen LogP contribution in [0.15, 0.2) is 0 Å². The largest absolute Gasteiger partial charge is 0.480 e. The molecule has 1 unspecified atom stereocenters. The molecular weight excluding hydrogens is 248 g/mol. The summed E-state index contributed by atoms with van der Waals surface area (Å²) in [6, 6.07) is -2.70. The lowest BCUT2D eigenvalue weighted by atomic mass is 9.96. The van der Waals surface area contributed by atoms with E-state index in [0.717, 1.165) is 4.90 Å². The monoisotopic (exact) mass is 258 g/mol. The number of aliphatic carboxylic acids is 1. The van der Waals surface area contributed by atoms with Gasteiger partial charge in [-0.1, -0.05) is 0 Å². The van der Waals surface area contributed by atoms with Crippen LogP contribution in [-0.2, 0) is 19.4 Å². The zero-order valence-corrected chi connectivity index (χ0v) is 9.93. The highest BCUT2D eigenvalue weighted by molar-refractivity contribution is 7.94. The number of carbonyl (C=O) groups excluding carboxylic acids is 1. The van der Waals surface area contributed by atoms with Crippen molar-refractivity contribution in [1.29, 1.82) is 0 Å². The lowest BCUT2D eigenvalue weighted by Gasteiger charge is -2.35. The van der Waals surface area contributed by atoms with Crippen molar-refractivity contribution in [2.45, 2.75) is 36.1 Å². The van der Waals surface area contributed by atoms with Crippen molar-refractivity contribution in [3.63, 3.8) is 0 Å². The fourth-order valence-electron chi connectivity index (χ4n) is 2.40. The molecule has 2 fully saturated rings. The highest BCUT2D eigenvalue weighted by Gasteiger charge is 2.75. The third-order valence-corrected chi connectivity index (χ3v) is 6.22. The van der Waals surface area contributed by atoms with E-state index in [-0.39, 0.29) is 0 Å². The minimum absolute atomic E-state index is 0.716. The van der Waals surface area contributed by atoms with Crippen molar-refractivity contribution >= 4 is 21.7 Å². The second kappa shape index (κ2) is 2.98. The quantitative estimate of drug-likeness (QED) is 0.486. The Labute approximate surface area is 97.8 Å². The van der Waals surface area contributed by atoms with Crippen LogP contribution < -0.4 is 0 Å². The third kappa shape index (κ3) is 1.07. The fraction of sp³-hybridized carbons (Fsp3) is 0.667. The SMILES string of the molecule is [C-]#[N+]C1C(=O)N2[C@@H](C(=O)O)C(C)(C)S(=O)(=O)[C@H]12. The summed E-state index contributed by atoms with van der Waals surface area (Å²) in [6.45, 7) is 9.33. The van der Waals surface area contributed by atoms with Crippen molar-refractivity contribution in [1.82, 2.24) is 4.90 Å². The summed E-state index contributed by atoms with van der Waals surface area (Å²) in [4.78, 5) is 26.4. The van der Waals surface area contributed by atoms with Gasteiger partial charge in [0.15, 0.2) is 15.9 Å². The highest BCUT2D eigenvalue weighted by atomic mass is 32.2. The van der Waals surface area contributed by atoms with Crippen molar-refractivity contribution in [3.05, 3.63) is 11.4 Å². The second-order valence-corrected chi connectivity index (χ2v) is 7.22. The molecule has 3 atom stereocenters. The Morgan fingerprint density at radius 1 is 1.53 bits per heavy atom. The summed E-state index contributed by atoms with van der Waals surface area (Å²) < 4.78 is 22.6. The molecule has 0 bridgehead atoms. The number of hydrogen-bond donors (Lipinski definition) is 1. The molecule has 92 valence electrons. The summed E-state index contributed by atoms with van der Waals surface area (Å²) in [6.07, 6.45) is 0. The van der Waals surface area contributed by atoms with Crippen molar-refractivity contribution in [3.8, 4) is 0 Å². The highest BCUT2D eigenvalue weighted by Crippen LogP contribution is 2.46. The number of nitrogens with zero attached hydrogens (tertiary/aromatic N) is 2. The molecule has 0 radical (unpaired) electrons. The Hall–Kier alpha value is -1.62. The third-order valence-electron chi connectivity index (χ3n) is 3.41. The van der Waals surface area contributed by atoms with Gasteiger partial charge in [0.2, 0.25) is 5.37 Å². The number of carboxylic acids is 1.